The lowest BCUT2D eigenvalue weighted by molar-refractivity contribution is -0.144. The SMILES string of the molecule is CCOC(=O)CC1CCCc2ccc(OCCCCNC(=O)OC(C)(C)C)cc2C1. The van der Waals surface area contributed by atoms with Gasteiger partial charge in [-0.2, -0.15) is 0 Å². The van der Waals surface area contributed by atoms with Crippen molar-refractivity contribution in [2.24, 2.45) is 5.92 Å². The average Bonchev–Trinajstić information content (AvgIpc) is 2.84. The predicted octanol–water partition coefficient (Wildman–Crippen LogP) is 4.82. The molecule has 0 saturated carbocycles. The summed E-state index contributed by atoms with van der Waals surface area (Å²) in [6, 6.07) is 6.31. The maximum atomic E-state index is 11.9. The summed E-state index contributed by atoms with van der Waals surface area (Å²) in [5.41, 5.74) is 2.16. The molecule has 1 aromatic carbocycles. The van der Waals surface area contributed by atoms with Gasteiger partial charge in [-0.1, -0.05) is 6.07 Å². The van der Waals surface area contributed by atoms with Gasteiger partial charge in [0.05, 0.1) is 13.2 Å². The number of esters is 1. The summed E-state index contributed by atoms with van der Waals surface area (Å²) >= 11 is 0. The first-order valence-electron chi connectivity index (χ1n) is 11.1. The third-order valence-corrected chi connectivity index (χ3v) is 5.01. The van der Waals surface area contributed by atoms with Crippen LogP contribution in [-0.4, -0.2) is 37.4 Å². The minimum absolute atomic E-state index is 0.0988. The highest BCUT2D eigenvalue weighted by Gasteiger charge is 2.20. The highest BCUT2D eigenvalue weighted by molar-refractivity contribution is 5.69. The molecule has 0 aliphatic heterocycles. The van der Waals surface area contributed by atoms with E-state index in [9.17, 15) is 9.59 Å². The lowest BCUT2D eigenvalue weighted by Crippen LogP contribution is -2.33. The standard InChI is InChI=1S/C24H37NO5/c1-5-28-22(26)16-18-9-8-10-19-11-12-21(17-20(19)15-18)29-14-7-6-13-25-23(27)30-24(2,3)4/h11-12,17-18H,5-10,13-16H2,1-4H3,(H,25,27). The first-order chi connectivity index (χ1) is 14.3. The number of amides is 1. The Kier molecular flexibility index (Phi) is 9.47. The Morgan fingerprint density at radius 3 is 2.70 bits per heavy atom. The second kappa shape index (κ2) is 11.8. The van der Waals surface area contributed by atoms with E-state index < -0.39 is 5.60 Å². The Morgan fingerprint density at radius 2 is 1.97 bits per heavy atom. The number of unbranched alkanes of at least 4 members (excludes halogenated alkanes) is 1. The Balaban J connectivity index is 1.74. The second-order valence-electron chi connectivity index (χ2n) is 8.89. The van der Waals surface area contributed by atoms with Crippen LogP contribution in [0.2, 0.25) is 0 Å². The maximum absolute atomic E-state index is 11.9. The van der Waals surface area contributed by atoms with Gasteiger partial charge in [0.25, 0.3) is 0 Å². The lowest BCUT2D eigenvalue weighted by Gasteiger charge is -2.19. The molecule has 0 heterocycles. The summed E-state index contributed by atoms with van der Waals surface area (Å²) in [5, 5.41) is 2.76. The molecule has 6 nitrogen and oxygen atoms in total. The number of hydrogen-bond acceptors (Lipinski definition) is 5. The number of ether oxygens (including phenoxy) is 3. The van der Waals surface area contributed by atoms with Crippen molar-refractivity contribution >= 4 is 12.1 Å². The Bertz CT molecular complexity index is 695. The summed E-state index contributed by atoms with van der Waals surface area (Å²) in [6.07, 6.45) is 5.87. The van der Waals surface area contributed by atoms with Crippen LogP contribution in [0.15, 0.2) is 18.2 Å². The molecule has 1 aromatic rings. The van der Waals surface area contributed by atoms with Crippen LogP contribution in [0, 0.1) is 5.92 Å². The fourth-order valence-electron chi connectivity index (χ4n) is 3.67. The molecule has 0 spiro atoms. The summed E-state index contributed by atoms with van der Waals surface area (Å²) in [7, 11) is 0. The van der Waals surface area contributed by atoms with E-state index in [0.29, 0.717) is 32.1 Å². The number of hydrogen-bond donors (Lipinski definition) is 1. The zero-order valence-corrected chi connectivity index (χ0v) is 18.9. The molecular formula is C24H37NO5. The van der Waals surface area contributed by atoms with Crippen LogP contribution < -0.4 is 10.1 Å². The van der Waals surface area contributed by atoms with Gasteiger partial charge in [-0.15, -0.1) is 0 Å². The van der Waals surface area contributed by atoms with E-state index in [1.54, 1.807) is 0 Å². The van der Waals surface area contributed by atoms with E-state index in [-0.39, 0.29) is 12.1 Å². The number of alkyl carbamates (subject to hydrolysis) is 1. The predicted molar refractivity (Wildman–Crippen MR) is 117 cm³/mol. The van der Waals surface area contributed by atoms with Crippen LogP contribution in [0.5, 0.6) is 5.75 Å². The lowest BCUT2D eigenvalue weighted by atomic mass is 9.94. The molecule has 30 heavy (non-hydrogen) atoms. The van der Waals surface area contributed by atoms with Crippen molar-refractivity contribution in [3.63, 3.8) is 0 Å². The molecule has 0 fully saturated rings. The number of nitrogens with one attached hydrogen (secondary N) is 1. The number of benzene rings is 1. The fraction of sp³-hybridized carbons (Fsp3) is 0.667. The molecule has 0 saturated heterocycles. The summed E-state index contributed by atoms with van der Waals surface area (Å²) in [6.45, 7) is 8.99. The molecule has 1 aliphatic rings. The second-order valence-corrected chi connectivity index (χ2v) is 8.89. The van der Waals surface area contributed by atoms with Gasteiger partial charge < -0.3 is 19.5 Å². The maximum Gasteiger partial charge on any atom is 0.407 e. The van der Waals surface area contributed by atoms with E-state index in [2.05, 4.69) is 17.4 Å². The molecule has 1 atom stereocenters. The number of rotatable bonds is 9. The molecule has 6 heteroatoms. The Hall–Kier alpha value is -2.24. The fourth-order valence-corrected chi connectivity index (χ4v) is 3.67. The van der Waals surface area contributed by atoms with Crippen molar-refractivity contribution in [3.8, 4) is 5.75 Å². The van der Waals surface area contributed by atoms with Crippen molar-refractivity contribution in [3.05, 3.63) is 29.3 Å². The van der Waals surface area contributed by atoms with Gasteiger partial charge in [-0.3, -0.25) is 4.79 Å². The molecule has 1 aliphatic carbocycles. The van der Waals surface area contributed by atoms with Gasteiger partial charge in [-0.25, -0.2) is 4.79 Å². The van der Waals surface area contributed by atoms with Crippen molar-refractivity contribution in [2.75, 3.05) is 19.8 Å². The first-order valence-corrected chi connectivity index (χ1v) is 11.1. The third-order valence-electron chi connectivity index (χ3n) is 5.01. The molecule has 0 bridgehead atoms. The topological polar surface area (TPSA) is 73.9 Å². The molecule has 1 unspecified atom stereocenters. The zero-order chi connectivity index (χ0) is 22.0. The summed E-state index contributed by atoms with van der Waals surface area (Å²) < 4.78 is 16.3. The average molecular weight is 420 g/mol. The van der Waals surface area contributed by atoms with Crippen LogP contribution in [0.4, 0.5) is 4.79 Å². The van der Waals surface area contributed by atoms with Crippen LogP contribution in [-0.2, 0) is 27.1 Å². The third kappa shape index (κ3) is 9.06. The number of carbonyl (C=O) groups is 2. The number of carbonyl (C=O) groups excluding carboxylic acids is 2. The van der Waals surface area contributed by atoms with Gasteiger partial charge >= 0.3 is 12.1 Å². The number of fused-ring (bicyclic) bond motifs is 1. The largest absolute Gasteiger partial charge is 0.494 e. The smallest absolute Gasteiger partial charge is 0.407 e. The molecule has 1 amide bonds. The van der Waals surface area contributed by atoms with Crippen molar-refractivity contribution in [1.82, 2.24) is 5.32 Å². The van der Waals surface area contributed by atoms with Crippen LogP contribution in [0.3, 0.4) is 0 Å². The highest BCUT2D eigenvalue weighted by atomic mass is 16.6. The van der Waals surface area contributed by atoms with Crippen LogP contribution >= 0.6 is 0 Å². The van der Waals surface area contributed by atoms with Gasteiger partial charge in [-0.05, 0) is 95.4 Å². The minimum atomic E-state index is -0.478. The zero-order valence-electron chi connectivity index (χ0n) is 18.9. The Morgan fingerprint density at radius 1 is 1.17 bits per heavy atom. The molecule has 0 radical (unpaired) electrons. The normalized spacial score (nSPS) is 16.2. The van der Waals surface area contributed by atoms with Gasteiger partial charge in [0, 0.05) is 13.0 Å². The van der Waals surface area contributed by atoms with Crippen molar-refractivity contribution in [2.45, 2.75) is 78.2 Å². The molecule has 2 rings (SSSR count). The van der Waals surface area contributed by atoms with E-state index in [1.165, 1.54) is 11.1 Å². The van der Waals surface area contributed by atoms with E-state index in [1.807, 2.05) is 33.8 Å². The minimum Gasteiger partial charge on any atom is -0.494 e. The number of aryl methyl sites for hydroxylation is 1. The monoisotopic (exact) mass is 419 g/mol. The van der Waals surface area contributed by atoms with E-state index in [4.69, 9.17) is 14.2 Å². The van der Waals surface area contributed by atoms with Crippen molar-refractivity contribution in [1.29, 1.82) is 0 Å². The highest BCUT2D eigenvalue weighted by Crippen LogP contribution is 2.29. The van der Waals surface area contributed by atoms with Crippen LogP contribution in [0.1, 0.15) is 70.9 Å². The van der Waals surface area contributed by atoms with Crippen LogP contribution in [0.25, 0.3) is 0 Å². The molecule has 1 N–H and O–H groups in total. The Labute approximate surface area is 180 Å². The summed E-state index contributed by atoms with van der Waals surface area (Å²) in [5.74, 6) is 1.10. The van der Waals surface area contributed by atoms with Crippen molar-refractivity contribution < 1.29 is 23.8 Å². The first kappa shape index (κ1) is 24.0. The molecular weight excluding hydrogens is 382 g/mol. The quantitative estimate of drug-likeness (QED) is 0.353. The van der Waals surface area contributed by atoms with Gasteiger partial charge in [0.1, 0.15) is 11.4 Å². The molecule has 0 aromatic heterocycles. The van der Waals surface area contributed by atoms with E-state index in [0.717, 1.165) is 44.3 Å². The van der Waals surface area contributed by atoms with E-state index >= 15 is 0 Å². The molecule has 168 valence electrons. The van der Waals surface area contributed by atoms with Gasteiger partial charge in [0.15, 0.2) is 0 Å². The van der Waals surface area contributed by atoms with Gasteiger partial charge in [0.2, 0.25) is 0 Å². The summed E-state index contributed by atoms with van der Waals surface area (Å²) in [4.78, 5) is 23.5.